The second kappa shape index (κ2) is 4.98. The van der Waals surface area contributed by atoms with E-state index in [9.17, 15) is 0 Å². The Hall–Kier alpha value is -2.33. The molecular formula is C15H12ClN3O. The number of anilines is 1. The lowest BCUT2D eigenvalue weighted by atomic mass is 10.1. The van der Waals surface area contributed by atoms with Crippen molar-refractivity contribution in [2.75, 3.05) is 5.73 Å². The summed E-state index contributed by atoms with van der Waals surface area (Å²) in [6, 6.07) is 13.0. The molecule has 0 aliphatic heterocycles. The summed E-state index contributed by atoms with van der Waals surface area (Å²) in [4.78, 5) is 4.36. The summed E-state index contributed by atoms with van der Waals surface area (Å²) in [5.74, 6) is 0.886. The lowest BCUT2D eigenvalue weighted by Gasteiger charge is -2.00. The van der Waals surface area contributed by atoms with E-state index in [2.05, 4.69) is 10.1 Å². The van der Waals surface area contributed by atoms with E-state index in [0.29, 0.717) is 28.0 Å². The average molecular weight is 286 g/mol. The Morgan fingerprint density at radius 3 is 2.70 bits per heavy atom. The highest BCUT2D eigenvalue weighted by atomic mass is 35.5. The summed E-state index contributed by atoms with van der Waals surface area (Å²) in [5.41, 5.74) is 9.14. The number of aryl methyl sites for hydroxylation is 1. The van der Waals surface area contributed by atoms with Crippen LogP contribution >= 0.6 is 11.6 Å². The number of nitrogen functional groups attached to an aromatic ring is 1. The van der Waals surface area contributed by atoms with E-state index in [1.54, 1.807) is 6.07 Å². The minimum Gasteiger partial charge on any atom is -0.398 e. The van der Waals surface area contributed by atoms with Crippen LogP contribution in [0.25, 0.3) is 22.8 Å². The molecule has 0 bridgehead atoms. The number of benzene rings is 2. The Kier molecular flexibility index (Phi) is 3.16. The Morgan fingerprint density at radius 1 is 1.15 bits per heavy atom. The highest BCUT2D eigenvalue weighted by molar-refractivity contribution is 6.33. The molecule has 0 aliphatic rings. The SMILES string of the molecule is Cc1ccc(-c2noc(-c3ccccc3Cl)n2)cc1N. The van der Waals surface area contributed by atoms with Crippen molar-refractivity contribution in [3.05, 3.63) is 53.1 Å². The van der Waals surface area contributed by atoms with Gasteiger partial charge in [0.15, 0.2) is 0 Å². The minimum absolute atomic E-state index is 0.393. The van der Waals surface area contributed by atoms with Crippen molar-refractivity contribution in [3.63, 3.8) is 0 Å². The van der Waals surface area contributed by atoms with E-state index < -0.39 is 0 Å². The Bertz CT molecular complexity index is 767. The van der Waals surface area contributed by atoms with Crippen molar-refractivity contribution in [2.45, 2.75) is 6.92 Å². The third-order valence-electron chi connectivity index (χ3n) is 3.07. The van der Waals surface area contributed by atoms with Crippen LogP contribution < -0.4 is 5.73 Å². The summed E-state index contributed by atoms with van der Waals surface area (Å²) in [6.07, 6.45) is 0. The smallest absolute Gasteiger partial charge is 0.259 e. The van der Waals surface area contributed by atoms with Gasteiger partial charge in [-0.05, 0) is 30.7 Å². The Labute approximate surface area is 121 Å². The quantitative estimate of drug-likeness (QED) is 0.724. The van der Waals surface area contributed by atoms with Crippen LogP contribution in [-0.4, -0.2) is 10.1 Å². The van der Waals surface area contributed by atoms with E-state index >= 15 is 0 Å². The molecule has 0 amide bonds. The van der Waals surface area contributed by atoms with Gasteiger partial charge >= 0.3 is 0 Å². The molecule has 0 saturated heterocycles. The predicted octanol–water partition coefficient (Wildman–Crippen LogP) is 3.95. The van der Waals surface area contributed by atoms with E-state index in [-0.39, 0.29) is 0 Å². The molecule has 0 unspecified atom stereocenters. The van der Waals surface area contributed by atoms with Gasteiger partial charge in [-0.3, -0.25) is 0 Å². The normalized spacial score (nSPS) is 10.7. The van der Waals surface area contributed by atoms with Gasteiger partial charge in [0.1, 0.15) is 0 Å². The van der Waals surface area contributed by atoms with Crippen LogP contribution in [0.15, 0.2) is 47.0 Å². The van der Waals surface area contributed by atoms with Crippen molar-refractivity contribution < 1.29 is 4.52 Å². The zero-order chi connectivity index (χ0) is 14.1. The maximum Gasteiger partial charge on any atom is 0.259 e. The molecule has 2 aromatic carbocycles. The van der Waals surface area contributed by atoms with Gasteiger partial charge < -0.3 is 10.3 Å². The van der Waals surface area contributed by atoms with Crippen LogP contribution in [-0.2, 0) is 0 Å². The summed E-state index contributed by atoms with van der Waals surface area (Å²) in [7, 11) is 0. The lowest BCUT2D eigenvalue weighted by molar-refractivity contribution is 0.432. The summed E-state index contributed by atoms with van der Waals surface area (Å²) in [5, 5.41) is 4.55. The largest absolute Gasteiger partial charge is 0.398 e. The number of halogens is 1. The second-order valence-electron chi connectivity index (χ2n) is 4.47. The summed E-state index contributed by atoms with van der Waals surface area (Å²) >= 11 is 6.11. The molecule has 2 N–H and O–H groups in total. The maximum absolute atomic E-state index is 6.11. The highest BCUT2D eigenvalue weighted by Crippen LogP contribution is 2.28. The molecule has 1 heterocycles. The van der Waals surface area contributed by atoms with Crippen LogP contribution in [0, 0.1) is 6.92 Å². The fourth-order valence-electron chi connectivity index (χ4n) is 1.86. The van der Waals surface area contributed by atoms with E-state index in [1.165, 1.54) is 0 Å². The first-order chi connectivity index (χ1) is 9.65. The summed E-state index contributed by atoms with van der Waals surface area (Å²) < 4.78 is 5.27. The van der Waals surface area contributed by atoms with Crippen molar-refractivity contribution >= 4 is 17.3 Å². The number of nitrogens with two attached hydrogens (primary N) is 1. The van der Waals surface area contributed by atoms with Crippen LogP contribution in [0.3, 0.4) is 0 Å². The molecular weight excluding hydrogens is 274 g/mol. The van der Waals surface area contributed by atoms with Crippen molar-refractivity contribution in [3.8, 4) is 22.8 Å². The second-order valence-corrected chi connectivity index (χ2v) is 4.88. The van der Waals surface area contributed by atoms with Crippen LogP contribution in [0.5, 0.6) is 0 Å². The van der Waals surface area contributed by atoms with Gasteiger partial charge in [0.05, 0.1) is 10.6 Å². The molecule has 0 radical (unpaired) electrons. The molecule has 0 fully saturated rings. The molecule has 100 valence electrons. The molecule has 0 atom stereocenters. The van der Waals surface area contributed by atoms with Crippen LogP contribution in [0.1, 0.15) is 5.56 Å². The van der Waals surface area contributed by atoms with E-state index in [0.717, 1.165) is 11.1 Å². The fourth-order valence-corrected chi connectivity index (χ4v) is 2.08. The van der Waals surface area contributed by atoms with Crippen molar-refractivity contribution in [2.24, 2.45) is 0 Å². The van der Waals surface area contributed by atoms with Gasteiger partial charge in [0, 0.05) is 11.3 Å². The van der Waals surface area contributed by atoms with Gasteiger partial charge in [-0.2, -0.15) is 4.98 Å². The van der Waals surface area contributed by atoms with E-state index in [1.807, 2.05) is 43.3 Å². The van der Waals surface area contributed by atoms with Gasteiger partial charge in [-0.15, -0.1) is 0 Å². The number of hydrogen-bond acceptors (Lipinski definition) is 4. The Morgan fingerprint density at radius 2 is 1.95 bits per heavy atom. The van der Waals surface area contributed by atoms with Crippen molar-refractivity contribution in [1.82, 2.24) is 10.1 Å². The molecule has 4 nitrogen and oxygen atoms in total. The van der Waals surface area contributed by atoms with Crippen LogP contribution in [0.2, 0.25) is 5.02 Å². The minimum atomic E-state index is 0.393. The fraction of sp³-hybridized carbons (Fsp3) is 0.0667. The molecule has 3 aromatic rings. The van der Waals surface area contributed by atoms with Crippen LogP contribution in [0.4, 0.5) is 5.69 Å². The standard InChI is InChI=1S/C15H12ClN3O/c1-9-6-7-10(8-13(9)17)14-18-15(20-19-14)11-4-2-3-5-12(11)16/h2-8H,17H2,1H3. The number of nitrogens with zero attached hydrogens (tertiary/aromatic N) is 2. The zero-order valence-electron chi connectivity index (χ0n) is 10.8. The first kappa shape index (κ1) is 12.7. The van der Waals surface area contributed by atoms with Gasteiger partial charge in [0.2, 0.25) is 5.82 Å². The molecule has 1 aromatic heterocycles. The third-order valence-corrected chi connectivity index (χ3v) is 3.40. The molecule has 3 rings (SSSR count). The first-order valence-corrected chi connectivity index (χ1v) is 6.48. The Balaban J connectivity index is 2.02. The van der Waals surface area contributed by atoms with Gasteiger partial charge in [-0.1, -0.05) is 41.0 Å². The number of aromatic nitrogens is 2. The average Bonchev–Trinajstić information content (AvgIpc) is 2.92. The lowest BCUT2D eigenvalue weighted by Crippen LogP contribution is -1.90. The van der Waals surface area contributed by atoms with E-state index in [4.69, 9.17) is 21.9 Å². The molecule has 0 aliphatic carbocycles. The predicted molar refractivity (Wildman–Crippen MR) is 79.3 cm³/mol. The molecule has 0 spiro atoms. The van der Waals surface area contributed by atoms with Gasteiger partial charge in [0.25, 0.3) is 5.89 Å². The van der Waals surface area contributed by atoms with Gasteiger partial charge in [-0.25, -0.2) is 0 Å². The maximum atomic E-state index is 6.11. The number of hydrogen-bond donors (Lipinski definition) is 1. The topological polar surface area (TPSA) is 64.9 Å². The highest BCUT2D eigenvalue weighted by Gasteiger charge is 2.13. The first-order valence-electron chi connectivity index (χ1n) is 6.10. The zero-order valence-corrected chi connectivity index (χ0v) is 11.6. The summed E-state index contributed by atoms with van der Waals surface area (Å²) in [6.45, 7) is 1.95. The molecule has 0 saturated carbocycles. The van der Waals surface area contributed by atoms with Crippen molar-refractivity contribution in [1.29, 1.82) is 0 Å². The third kappa shape index (κ3) is 2.26. The molecule has 5 heteroatoms. The monoisotopic (exact) mass is 285 g/mol. The molecule has 20 heavy (non-hydrogen) atoms. The number of rotatable bonds is 2.